The average Bonchev–Trinajstić information content (AvgIpc) is 3.18. The van der Waals surface area contributed by atoms with E-state index in [1.54, 1.807) is 24.3 Å². The minimum atomic E-state index is -4.11. The normalized spacial score (nSPS) is 11.3. The van der Waals surface area contributed by atoms with Crippen molar-refractivity contribution < 1.29 is 17.6 Å². The van der Waals surface area contributed by atoms with Crippen LogP contribution in [0.25, 0.3) is 0 Å². The maximum absolute atomic E-state index is 13.3. The van der Waals surface area contributed by atoms with Crippen molar-refractivity contribution in [2.75, 3.05) is 21.9 Å². The standard InChI is InChI=1S/C20H21FN4O3S3/c1-3-12-29-20-24-23-19(30-20)22-18(26)13-25(16-8-4-14(2)5-9-16)31(27,28)17-10-6-15(21)7-11-17/h4-11H,3,12-13H2,1-2H3,(H,22,23,26). The molecule has 0 atom stereocenters. The fourth-order valence-corrected chi connectivity index (χ4v) is 5.67. The van der Waals surface area contributed by atoms with Gasteiger partial charge in [0.25, 0.3) is 10.0 Å². The molecule has 164 valence electrons. The van der Waals surface area contributed by atoms with E-state index in [-0.39, 0.29) is 4.90 Å². The van der Waals surface area contributed by atoms with Crippen molar-refractivity contribution in [2.45, 2.75) is 29.5 Å². The van der Waals surface area contributed by atoms with Gasteiger partial charge in [-0.2, -0.15) is 0 Å². The van der Waals surface area contributed by atoms with Gasteiger partial charge >= 0.3 is 0 Å². The number of hydrogen-bond donors (Lipinski definition) is 1. The van der Waals surface area contributed by atoms with Gasteiger partial charge in [-0.15, -0.1) is 10.2 Å². The van der Waals surface area contributed by atoms with Crippen molar-refractivity contribution >= 4 is 49.8 Å². The molecule has 0 aliphatic carbocycles. The molecule has 0 saturated carbocycles. The van der Waals surface area contributed by atoms with Crippen LogP contribution < -0.4 is 9.62 Å². The van der Waals surface area contributed by atoms with Crippen molar-refractivity contribution in [3.05, 3.63) is 59.9 Å². The molecule has 0 spiro atoms. The fourth-order valence-electron chi connectivity index (χ4n) is 2.56. The first-order valence-electron chi connectivity index (χ1n) is 9.40. The number of halogens is 1. The summed E-state index contributed by atoms with van der Waals surface area (Å²) in [5.74, 6) is -0.222. The Balaban J connectivity index is 1.84. The van der Waals surface area contributed by atoms with Crippen molar-refractivity contribution in [1.82, 2.24) is 10.2 Å². The monoisotopic (exact) mass is 480 g/mol. The Kier molecular flexibility index (Phi) is 7.63. The van der Waals surface area contributed by atoms with Gasteiger partial charge in [0, 0.05) is 5.75 Å². The highest BCUT2D eigenvalue weighted by Gasteiger charge is 2.27. The van der Waals surface area contributed by atoms with E-state index in [9.17, 15) is 17.6 Å². The molecule has 1 N–H and O–H groups in total. The van der Waals surface area contributed by atoms with Gasteiger partial charge in [0.2, 0.25) is 11.0 Å². The van der Waals surface area contributed by atoms with Crippen molar-refractivity contribution in [3.63, 3.8) is 0 Å². The Morgan fingerprint density at radius 2 is 1.81 bits per heavy atom. The van der Waals surface area contributed by atoms with E-state index in [0.29, 0.717) is 10.8 Å². The van der Waals surface area contributed by atoms with Crippen LogP contribution in [0.4, 0.5) is 15.2 Å². The Morgan fingerprint density at radius 1 is 1.13 bits per heavy atom. The minimum absolute atomic E-state index is 0.114. The highest BCUT2D eigenvalue weighted by molar-refractivity contribution is 8.01. The van der Waals surface area contributed by atoms with Gasteiger partial charge in [0.05, 0.1) is 10.6 Å². The number of anilines is 2. The number of amides is 1. The lowest BCUT2D eigenvalue weighted by atomic mass is 10.2. The van der Waals surface area contributed by atoms with Gasteiger partial charge in [0.1, 0.15) is 12.4 Å². The molecule has 0 aliphatic rings. The van der Waals surface area contributed by atoms with Gasteiger partial charge in [-0.05, 0) is 49.7 Å². The first-order valence-corrected chi connectivity index (χ1v) is 12.6. The number of aryl methyl sites for hydroxylation is 1. The van der Waals surface area contributed by atoms with E-state index in [1.165, 1.54) is 35.2 Å². The van der Waals surface area contributed by atoms with Crippen LogP contribution in [0.2, 0.25) is 0 Å². The lowest BCUT2D eigenvalue weighted by Crippen LogP contribution is -2.38. The first kappa shape index (κ1) is 23.2. The Labute approximate surface area is 188 Å². The second-order valence-electron chi connectivity index (χ2n) is 6.57. The highest BCUT2D eigenvalue weighted by atomic mass is 32.2. The summed E-state index contributed by atoms with van der Waals surface area (Å²) in [7, 11) is -4.11. The lowest BCUT2D eigenvalue weighted by Gasteiger charge is -2.24. The molecule has 1 heterocycles. The summed E-state index contributed by atoms with van der Waals surface area (Å²) in [6.07, 6.45) is 0.985. The molecular weight excluding hydrogens is 459 g/mol. The number of thioether (sulfide) groups is 1. The molecule has 3 aromatic rings. The number of aromatic nitrogens is 2. The number of nitrogens with zero attached hydrogens (tertiary/aromatic N) is 3. The number of nitrogens with one attached hydrogen (secondary N) is 1. The average molecular weight is 481 g/mol. The number of sulfonamides is 1. The van der Waals surface area contributed by atoms with Crippen molar-refractivity contribution in [1.29, 1.82) is 0 Å². The molecule has 7 nitrogen and oxygen atoms in total. The van der Waals surface area contributed by atoms with Gasteiger partial charge in [-0.25, -0.2) is 12.8 Å². The quantitative estimate of drug-likeness (QED) is 0.362. The van der Waals surface area contributed by atoms with Crippen LogP contribution in [0, 0.1) is 12.7 Å². The summed E-state index contributed by atoms with van der Waals surface area (Å²) in [5, 5.41) is 10.9. The van der Waals surface area contributed by atoms with E-state index >= 15 is 0 Å². The number of hydrogen-bond acceptors (Lipinski definition) is 7. The Hall–Kier alpha value is -2.50. The maximum Gasteiger partial charge on any atom is 0.264 e. The summed E-state index contributed by atoms with van der Waals surface area (Å²) in [6, 6.07) is 11.2. The fraction of sp³-hybridized carbons (Fsp3) is 0.250. The summed E-state index contributed by atoms with van der Waals surface area (Å²) in [4.78, 5) is 12.6. The van der Waals surface area contributed by atoms with E-state index in [1.807, 2.05) is 6.92 Å². The highest BCUT2D eigenvalue weighted by Crippen LogP contribution is 2.27. The number of carbonyl (C=O) groups is 1. The van der Waals surface area contributed by atoms with Gasteiger partial charge in [-0.3, -0.25) is 14.4 Å². The van der Waals surface area contributed by atoms with E-state index < -0.39 is 28.3 Å². The van der Waals surface area contributed by atoms with Crippen LogP contribution in [-0.2, 0) is 14.8 Å². The third kappa shape index (κ3) is 6.02. The molecule has 0 radical (unpaired) electrons. The lowest BCUT2D eigenvalue weighted by molar-refractivity contribution is -0.114. The molecule has 11 heteroatoms. The third-order valence-electron chi connectivity index (χ3n) is 4.09. The molecule has 31 heavy (non-hydrogen) atoms. The summed E-state index contributed by atoms with van der Waals surface area (Å²) >= 11 is 2.77. The largest absolute Gasteiger partial charge is 0.299 e. The molecule has 0 bridgehead atoms. The van der Waals surface area contributed by atoms with Crippen molar-refractivity contribution in [2.24, 2.45) is 0 Å². The molecule has 2 aromatic carbocycles. The molecule has 3 rings (SSSR count). The number of rotatable bonds is 9. The van der Waals surface area contributed by atoms with Gasteiger partial charge in [0.15, 0.2) is 4.34 Å². The van der Waals surface area contributed by atoms with E-state index in [0.717, 1.165) is 38.5 Å². The first-order chi connectivity index (χ1) is 14.8. The zero-order chi connectivity index (χ0) is 22.4. The van der Waals surface area contributed by atoms with E-state index in [4.69, 9.17) is 0 Å². The van der Waals surface area contributed by atoms with Crippen LogP contribution in [0.5, 0.6) is 0 Å². The zero-order valence-electron chi connectivity index (χ0n) is 16.9. The topological polar surface area (TPSA) is 92.3 Å². The second kappa shape index (κ2) is 10.2. The van der Waals surface area contributed by atoms with Gasteiger partial charge < -0.3 is 0 Å². The second-order valence-corrected chi connectivity index (χ2v) is 10.8. The molecule has 0 aliphatic heterocycles. The Bertz CT molecular complexity index is 1130. The van der Waals surface area contributed by atoms with Crippen LogP contribution in [0.1, 0.15) is 18.9 Å². The van der Waals surface area contributed by atoms with Crippen LogP contribution >= 0.6 is 23.1 Å². The van der Waals surface area contributed by atoms with Crippen LogP contribution in [-0.4, -0.2) is 36.8 Å². The SMILES string of the molecule is CCCSc1nnc(NC(=O)CN(c2ccc(C)cc2)S(=O)(=O)c2ccc(F)cc2)s1. The number of carbonyl (C=O) groups excluding carboxylic acids is 1. The minimum Gasteiger partial charge on any atom is -0.299 e. The molecular formula is C20H21FN4O3S3. The molecule has 1 amide bonds. The van der Waals surface area contributed by atoms with Gasteiger partial charge in [-0.1, -0.05) is 47.7 Å². The predicted octanol–water partition coefficient (Wildman–Crippen LogP) is 4.32. The summed E-state index contributed by atoms with van der Waals surface area (Å²) < 4.78 is 41.5. The van der Waals surface area contributed by atoms with Crippen LogP contribution in [0.3, 0.4) is 0 Å². The number of benzene rings is 2. The zero-order valence-corrected chi connectivity index (χ0v) is 19.4. The van der Waals surface area contributed by atoms with Crippen molar-refractivity contribution in [3.8, 4) is 0 Å². The predicted molar refractivity (Wildman–Crippen MR) is 122 cm³/mol. The molecule has 0 fully saturated rings. The molecule has 1 aromatic heterocycles. The third-order valence-corrected chi connectivity index (χ3v) is 8.06. The maximum atomic E-state index is 13.3. The smallest absolute Gasteiger partial charge is 0.264 e. The summed E-state index contributed by atoms with van der Waals surface area (Å²) in [6.45, 7) is 3.45. The molecule has 0 saturated heterocycles. The molecule has 0 unspecified atom stereocenters. The summed E-state index contributed by atoms with van der Waals surface area (Å²) in [5.41, 5.74) is 1.26. The Morgan fingerprint density at radius 3 is 2.45 bits per heavy atom. The van der Waals surface area contributed by atoms with Crippen LogP contribution in [0.15, 0.2) is 57.8 Å². The van der Waals surface area contributed by atoms with E-state index in [2.05, 4.69) is 22.4 Å².